The maximum atomic E-state index is 12.9. The van der Waals surface area contributed by atoms with Gasteiger partial charge in [-0.3, -0.25) is 0 Å². The van der Waals surface area contributed by atoms with E-state index < -0.39 is 6.10 Å². The van der Waals surface area contributed by atoms with Crippen molar-refractivity contribution in [3.8, 4) is 0 Å². The summed E-state index contributed by atoms with van der Waals surface area (Å²) >= 11 is 3.31. The first-order valence-electron chi connectivity index (χ1n) is 5.89. The SMILES string of the molecule is OC(Cc1ccc(F)cc1Br)CC1CCCO1. The van der Waals surface area contributed by atoms with Gasteiger partial charge in [0, 0.05) is 11.1 Å². The zero-order valence-electron chi connectivity index (χ0n) is 9.53. The van der Waals surface area contributed by atoms with E-state index in [9.17, 15) is 9.50 Å². The van der Waals surface area contributed by atoms with Crippen molar-refractivity contribution in [2.45, 2.75) is 37.9 Å². The molecule has 2 rings (SSSR count). The molecule has 0 bridgehead atoms. The highest BCUT2D eigenvalue weighted by atomic mass is 79.9. The van der Waals surface area contributed by atoms with Gasteiger partial charge >= 0.3 is 0 Å². The lowest BCUT2D eigenvalue weighted by Crippen LogP contribution is -2.19. The van der Waals surface area contributed by atoms with Gasteiger partial charge in [0.05, 0.1) is 12.2 Å². The molecule has 0 aliphatic carbocycles. The molecule has 1 N–H and O–H groups in total. The van der Waals surface area contributed by atoms with Crippen molar-refractivity contribution in [3.63, 3.8) is 0 Å². The molecule has 0 amide bonds. The van der Waals surface area contributed by atoms with Crippen LogP contribution in [0.4, 0.5) is 4.39 Å². The van der Waals surface area contributed by atoms with Gasteiger partial charge in [-0.05, 0) is 43.4 Å². The number of benzene rings is 1. The fourth-order valence-corrected chi connectivity index (χ4v) is 2.67. The van der Waals surface area contributed by atoms with Crippen LogP contribution in [0.25, 0.3) is 0 Å². The standard InChI is InChI=1S/C13H16BrFO2/c14-13-7-10(15)4-3-9(13)6-11(16)8-12-2-1-5-17-12/h3-4,7,11-12,16H,1-2,5-6,8H2. The summed E-state index contributed by atoms with van der Waals surface area (Å²) in [5, 5.41) is 9.96. The quantitative estimate of drug-likeness (QED) is 0.926. The number of aliphatic hydroxyl groups excluding tert-OH is 1. The minimum Gasteiger partial charge on any atom is -0.393 e. The Hall–Kier alpha value is -0.450. The van der Waals surface area contributed by atoms with Crippen molar-refractivity contribution in [2.75, 3.05) is 6.61 Å². The molecule has 0 radical (unpaired) electrons. The van der Waals surface area contributed by atoms with Crippen molar-refractivity contribution < 1.29 is 14.2 Å². The summed E-state index contributed by atoms with van der Waals surface area (Å²) in [7, 11) is 0. The van der Waals surface area contributed by atoms with Gasteiger partial charge in [0.25, 0.3) is 0 Å². The second-order valence-electron chi connectivity index (χ2n) is 4.46. The van der Waals surface area contributed by atoms with Crippen LogP contribution in [-0.2, 0) is 11.2 Å². The molecule has 1 aliphatic heterocycles. The fraction of sp³-hybridized carbons (Fsp3) is 0.538. The molecule has 0 saturated carbocycles. The summed E-state index contributed by atoms with van der Waals surface area (Å²) in [5.41, 5.74) is 0.928. The predicted molar refractivity (Wildman–Crippen MR) is 67.4 cm³/mol. The largest absolute Gasteiger partial charge is 0.393 e. The van der Waals surface area contributed by atoms with Crippen LogP contribution in [0, 0.1) is 5.82 Å². The van der Waals surface area contributed by atoms with Gasteiger partial charge in [-0.25, -0.2) is 4.39 Å². The zero-order valence-corrected chi connectivity index (χ0v) is 11.1. The molecule has 1 heterocycles. The lowest BCUT2D eigenvalue weighted by Gasteiger charge is -2.16. The van der Waals surface area contributed by atoms with E-state index in [0.717, 1.165) is 25.0 Å². The van der Waals surface area contributed by atoms with Gasteiger partial charge in [-0.1, -0.05) is 22.0 Å². The Morgan fingerprint density at radius 3 is 3.00 bits per heavy atom. The van der Waals surface area contributed by atoms with Gasteiger partial charge in [0.2, 0.25) is 0 Å². The van der Waals surface area contributed by atoms with Gasteiger partial charge in [0.15, 0.2) is 0 Å². The lowest BCUT2D eigenvalue weighted by atomic mass is 10.0. The summed E-state index contributed by atoms with van der Waals surface area (Å²) in [5.74, 6) is -0.269. The van der Waals surface area contributed by atoms with Gasteiger partial charge in [-0.2, -0.15) is 0 Å². The van der Waals surface area contributed by atoms with E-state index in [1.54, 1.807) is 6.07 Å². The lowest BCUT2D eigenvalue weighted by molar-refractivity contribution is 0.0540. The third kappa shape index (κ3) is 3.76. The van der Waals surface area contributed by atoms with E-state index in [1.165, 1.54) is 12.1 Å². The maximum absolute atomic E-state index is 12.9. The van der Waals surface area contributed by atoms with Crippen LogP contribution in [0.5, 0.6) is 0 Å². The fourth-order valence-electron chi connectivity index (χ4n) is 2.16. The van der Waals surface area contributed by atoms with Crippen molar-refractivity contribution in [1.82, 2.24) is 0 Å². The highest BCUT2D eigenvalue weighted by Crippen LogP contribution is 2.23. The van der Waals surface area contributed by atoms with E-state index in [1.807, 2.05) is 0 Å². The molecular formula is C13H16BrFO2. The van der Waals surface area contributed by atoms with Gasteiger partial charge in [-0.15, -0.1) is 0 Å². The smallest absolute Gasteiger partial charge is 0.124 e. The number of ether oxygens (including phenoxy) is 1. The summed E-state index contributed by atoms with van der Waals surface area (Å²) in [6, 6.07) is 4.55. The average Bonchev–Trinajstić information content (AvgIpc) is 2.75. The second-order valence-corrected chi connectivity index (χ2v) is 5.32. The third-order valence-electron chi connectivity index (χ3n) is 3.03. The molecule has 17 heavy (non-hydrogen) atoms. The van der Waals surface area contributed by atoms with E-state index in [0.29, 0.717) is 17.3 Å². The number of hydrogen-bond donors (Lipinski definition) is 1. The topological polar surface area (TPSA) is 29.5 Å². The van der Waals surface area contributed by atoms with Crippen LogP contribution in [-0.4, -0.2) is 23.9 Å². The molecule has 0 spiro atoms. The number of halogens is 2. The Morgan fingerprint density at radius 1 is 1.53 bits per heavy atom. The summed E-state index contributed by atoms with van der Waals surface area (Å²) in [6.45, 7) is 0.803. The van der Waals surface area contributed by atoms with Crippen LogP contribution in [0.15, 0.2) is 22.7 Å². The molecule has 1 aromatic carbocycles. The number of hydrogen-bond acceptors (Lipinski definition) is 2. The Labute approximate surface area is 109 Å². The summed E-state index contributed by atoms with van der Waals surface area (Å²) in [6.07, 6.45) is 3.05. The van der Waals surface area contributed by atoms with Crippen molar-refractivity contribution in [2.24, 2.45) is 0 Å². The average molecular weight is 303 g/mol. The molecule has 2 atom stereocenters. The molecule has 4 heteroatoms. The molecule has 94 valence electrons. The van der Waals surface area contributed by atoms with Crippen LogP contribution in [0.2, 0.25) is 0 Å². The molecule has 1 saturated heterocycles. The van der Waals surface area contributed by atoms with Crippen molar-refractivity contribution in [1.29, 1.82) is 0 Å². The normalized spacial score (nSPS) is 21.7. The van der Waals surface area contributed by atoms with Crippen LogP contribution >= 0.6 is 15.9 Å². The van der Waals surface area contributed by atoms with Crippen LogP contribution < -0.4 is 0 Å². The molecule has 1 aromatic rings. The van der Waals surface area contributed by atoms with E-state index >= 15 is 0 Å². The maximum Gasteiger partial charge on any atom is 0.124 e. The van der Waals surface area contributed by atoms with E-state index in [2.05, 4.69) is 15.9 Å². The highest BCUT2D eigenvalue weighted by Gasteiger charge is 2.20. The van der Waals surface area contributed by atoms with Gasteiger partial charge in [0.1, 0.15) is 5.82 Å². The van der Waals surface area contributed by atoms with Crippen LogP contribution in [0.3, 0.4) is 0 Å². The minimum absolute atomic E-state index is 0.184. The minimum atomic E-state index is -0.431. The Balaban J connectivity index is 1.90. The van der Waals surface area contributed by atoms with E-state index in [-0.39, 0.29) is 11.9 Å². The molecule has 0 aromatic heterocycles. The molecule has 1 fully saturated rings. The van der Waals surface area contributed by atoms with Gasteiger partial charge < -0.3 is 9.84 Å². The molecule has 1 aliphatic rings. The van der Waals surface area contributed by atoms with Crippen molar-refractivity contribution >= 4 is 15.9 Å². The first kappa shape index (κ1) is 13.0. The molecule has 2 nitrogen and oxygen atoms in total. The highest BCUT2D eigenvalue weighted by molar-refractivity contribution is 9.10. The predicted octanol–water partition coefficient (Wildman–Crippen LogP) is 3.06. The Morgan fingerprint density at radius 2 is 2.35 bits per heavy atom. The monoisotopic (exact) mass is 302 g/mol. The molecule has 2 unspecified atom stereocenters. The summed E-state index contributed by atoms with van der Waals surface area (Å²) in [4.78, 5) is 0. The summed E-state index contributed by atoms with van der Waals surface area (Å²) < 4.78 is 19.1. The molecular weight excluding hydrogens is 287 g/mol. The third-order valence-corrected chi connectivity index (χ3v) is 3.77. The first-order chi connectivity index (χ1) is 8.15. The second kappa shape index (κ2) is 5.94. The van der Waals surface area contributed by atoms with E-state index in [4.69, 9.17) is 4.74 Å². The Kier molecular flexibility index (Phi) is 4.54. The van der Waals surface area contributed by atoms with Crippen molar-refractivity contribution in [3.05, 3.63) is 34.1 Å². The first-order valence-corrected chi connectivity index (χ1v) is 6.68. The number of rotatable bonds is 4. The zero-order chi connectivity index (χ0) is 12.3. The Bertz CT molecular complexity index is 378. The van der Waals surface area contributed by atoms with Crippen LogP contribution in [0.1, 0.15) is 24.8 Å². The number of aliphatic hydroxyl groups is 1.